The van der Waals surface area contributed by atoms with Gasteiger partial charge in [0.25, 0.3) is 0 Å². The summed E-state index contributed by atoms with van der Waals surface area (Å²) in [7, 11) is 0. The summed E-state index contributed by atoms with van der Waals surface area (Å²) in [5.74, 6) is -5.84. The quantitative estimate of drug-likeness (QED) is 0.121. The van der Waals surface area contributed by atoms with E-state index in [0.717, 1.165) is 25.7 Å². The van der Waals surface area contributed by atoms with Gasteiger partial charge in [0.15, 0.2) is 0 Å². The van der Waals surface area contributed by atoms with E-state index >= 15 is 0 Å². The number of fused-ring (bicyclic) bond motifs is 4. The molecule has 258 valence electrons. The average molecular weight is 817 g/mol. The lowest BCUT2D eigenvalue weighted by atomic mass is 9.51. The highest BCUT2D eigenvalue weighted by Crippen LogP contribution is 2.64. The first kappa shape index (κ1) is 33.6. The molecule has 8 nitrogen and oxygen atoms in total. The molecule has 0 bridgehead atoms. The summed E-state index contributed by atoms with van der Waals surface area (Å²) >= 11 is 8.27. The minimum atomic E-state index is -1.40. The van der Waals surface area contributed by atoms with Crippen molar-refractivity contribution in [2.45, 2.75) is 32.3 Å². The van der Waals surface area contributed by atoms with E-state index < -0.39 is 52.6 Å². The highest BCUT2D eigenvalue weighted by molar-refractivity contribution is 14.1. The molecule has 11 heteroatoms. The van der Waals surface area contributed by atoms with Crippen LogP contribution in [0.5, 0.6) is 11.5 Å². The average Bonchev–Trinajstić information content (AvgIpc) is 3.49. The number of hydrogen-bond donors (Lipinski definition) is 1. The van der Waals surface area contributed by atoms with E-state index in [9.17, 15) is 28.7 Å². The lowest BCUT2D eigenvalue weighted by molar-refractivity contribution is -0.131. The molecule has 0 radical (unpaired) electrons. The van der Waals surface area contributed by atoms with Crippen LogP contribution in [0.1, 0.15) is 36.8 Å². The van der Waals surface area contributed by atoms with Crippen LogP contribution in [0.15, 0.2) is 103 Å². The Bertz CT molecular complexity index is 2160. The number of phenols is 1. The zero-order chi connectivity index (χ0) is 35.8. The fourth-order valence-electron chi connectivity index (χ4n) is 8.67. The molecule has 0 aromatic heterocycles. The molecule has 2 aliphatic carbocycles. The van der Waals surface area contributed by atoms with Crippen LogP contribution in [0, 0.1) is 38.5 Å². The van der Waals surface area contributed by atoms with Gasteiger partial charge in [-0.1, -0.05) is 59.6 Å². The molecule has 51 heavy (non-hydrogen) atoms. The Hall–Kier alpha value is -4.55. The van der Waals surface area contributed by atoms with Crippen LogP contribution in [0.2, 0.25) is 5.02 Å². The van der Waals surface area contributed by atoms with Gasteiger partial charge in [0.2, 0.25) is 23.6 Å². The number of rotatable bonds is 6. The van der Waals surface area contributed by atoms with Crippen LogP contribution in [-0.4, -0.2) is 28.7 Å². The number of hydrogen-bond acceptors (Lipinski definition) is 6. The Kier molecular flexibility index (Phi) is 8.29. The van der Waals surface area contributed by atoms with Crippen molar-refractivity contribution in [3.8, 4) is 11.5 Å². The largest absolute Gasteiger partial charge is 0.508 e. The predicted molar refractivity (Wildman–Crippen MR) is 197 cm³/mol. The molecular weight excluding hydrogens is 786 g/mol. The molecule has 3 fully saturated rings. The molecule has 2 aliphatic heterocycles. The van der Waals surface area contributed by atoms with Crippen LogP contribution in [0.3, 0.4) is 0 Å². The number of nitrogens with zero attached hydrogens (tertiary/aromatic N) is 2. The molecular formula is C40H31ClFIN2O6. The van der Waals surface area contributed by atoms with Crippen molar-refractivity contribution in [3.63, 3.8) is 0 Å². The fraction of sp³-hybridized carbons (Fsp3) is 0.250. The second-order valence-electron chi connectivity index (χ2n) is 13.7. The molecule has 8 rings (SSSR count). The Morgan fingerprint density at radius 1 is 0.882 bits per heavy atom. The number of halogens is 3. The Morgan fingerprint density at radius 3 is 2.31 bits per heavy atom. The van der Waals surface area contributed by atoms with Crippen molar-refractivity contribution < 1.29 is 33.4 Å². The minimum absolute atomic E-state index is 0.131. The van der Waals surface area contributed by atoms with Crippen molar-refractivity contribution in [1.82, 2.24) is 0 Å². The number of anilines is 2. The molecule has 1 saturated carbocycles. The molecule has 4 aromatic rings. The standard InChI is InChI=1S/C40H31ClFIN2O6/c1-40-30(37(48)45(39(40)50)24-11-16-32(42)31(41)17-24)19-29-26(14-15-28-34(29)38(49)44(36(28)47)23-9-7-22(43)8-10-23)35(40)27-13-12-25(18-33(27)46)51-20-21-5-3-2-4-6-21/h2-14,16-18,28-30,34-35,46H,15,19-20H2,1H3/t28-,29+,30-,34-,35+,40+/m0/s1. The Labute approximate surface area is 312 Å². The van der Waals surface area contributed by atoms with Gasteiger partial charge in [0.1, 0.15) is 23.9 Å². The molecule has 0 unspecified atom stereocenters. The second kappa shape index (κ2) is 12.6. The van der Waals surface area contributed by atoms with Crippen molar-refractivity contribution in [3.05, 3.63) is 128 Å². The normalized spacial score (nSPS) is 26.9. The van der Waals surface area contributed by atoms with E-state index in [2.05, 4.69) is 22.6 Å². The summed E-state index contributed by atoms with van der Waals surface area (Å²) in [6.07, 6.45) is 2.32. The lowest BCUT2D eigenvalue weighted by Crippen LogP contribution is -2.48. The maximum Gasteiger partial charge on any atom is 0.241 e. The molecule has 4 amide bonds. The summed E-state index contributed by atoms with van der Waals surface area (Å²) in [6.45, 7) is 1.99. The van der Waals surface area contributed by atoms with E-state index in [1.165, 1.54) is 23.1 Å². The molecule has 0 spiro atoms. The van der Waals surface area contributed by atoms with Crippen LogP contribution in [0.4, 0.5) is 15.8 Å². The van der Waals surface area contributed by atoms with Crippen molar-refractivity contribution in [2.75, 3.05) is 9.80 Å². The smallest absolute Gasteiger partial charge is 0.241 e. The monoisotopic (exact) mass is 816 g/mol. The number of benzene rings is 4. The summed E-state index contributed by atoms with van der Waals surface area (Å²) in [4.78, 5) is 59.6. The molecule has 4 aliphatic rings. The summed E-state index contributed by atoms with van der Waals surface area (Å²) in [6, 6.07) is 25.3. The van der Waals surface area contributed by atoms with Gasteiger partial charge < -0.3 is 9.84 Å². The number of carbonyl (C=O) groups is 4. The SMILES string of the molecule is C[C@@]12C(=O)N(c3ccc(F)c(Cl)c3)C(=O)[C@@H]1C[C@@H]1C(=CC[C@@H]3C(=O)N(c4ccc(I)cc4)C(=O)[C@@H]31)[C@@H]2c1ccc(OCc2ccccc2)cc1O. The molecule has 6 atom stereocenters. The number of ether oxygens (including phenoxy) is 1. The number of imide groups is 2. The van der Waals surface area contributed by atoms with Gasteiger partial charge in [0, 0.05) is 21.1 Å². The Balaban J connectivity index is 1.22. The van der Waals surface area contributed by atoms with Gasteiger partial charge in [-0.15, -0.1) is 0 Å². The molecule has 2 saturated heterocycles. The van der Waals surface area contributed by atoms with Gasteiger partial charge >= 0.3 is 0 Å². The fourth-order valence-corrected chi connectivity index (χ4v) is 9.21. The highest BCUT2D eigenvalue weighted by Gasteiger charge is 2.68. The lowest BCUT2D eigenvalue weighted by Gasteiger charge is -2.49. The van der Waals surface area contributed by atoms with Crippen molar-refractivity contribution in [2.24, 2.45) is 29.1 Å². The topological polar surface area (TPSA) is 104 Å². The van der Waals surface area contributed by atoms with Gasteiger partial charge in [0.05, 0.1) is 39.6 Å². The summed E-state index contributed by atoms with van der Waals surface area (Å²) < 4.78 is 21.1. The van der Waals surface area contributed by atoms with Gasteiger partial charge in [-0.25, -0.2) is 9.29 Å². The zero-order valence-corrected chi connectivity index (χ0v) is 30.2. The third-order valence-electron chi connectivity index (χ3n) is 11.1. The number of allylic oxidation sites excluding steroid dienone is 2. The van der Waals surface area contributed by atoms with Crippen LogP contribution in [0.25, 0.3) is 0 Å². The van der Waals surface area contributed by atoms with Crippen molar-refractivity contribution >= 4 is 69.2 Å². The summed E-state index contributed by atoms with van der Waals surface area (Å²) in [5, 5.41) is 11.4. The maximum absolute atomic E-state index is 14.7. The van der Waals surface area contributed by atoms with Gasteiger partial charge in [-0.05, 0) is 102 Å². The molecule has 1 N–H and O–H groups in total. The third-order valence-corrected chi connectivity index (χ3v) is 12.1. The molecule has 4 aromatic carbocycles. The van der Waals surface area contributed by atoms with E-state index in [1.54, 1.807) is 31.2 Å². The predicted octanol–water partition coefficient (Wildman–Crippen LogP) is 7.80. The first-order chi connectivity index (χ1) is 24.5. The van der Waals surface area contributed by atoms with Crippen LogP contribution >= 0.6 is 34.2 Å². The first-order valence-electron chi connectivity index (χ1n) is 16.7. The zero-order valence-electron chi connectivity index (χ0n) is 27.3. The van der Waals surface area contributed by atoms with E-state index in [1.807, 2.05) is 48.5 Å². The number of aromatic hydroxyl groups is 1. The van der Waals surface area contributed by atoms with E-state index in [4.69, 9.17) is 16.3 Å². The third kappa shape index (κ3) is 5.28. The first-order valence-corrected chi connectivity index (χ1v) is 18.1. The number of amides is 4. The number of carbonyl (C=O) groups excluding carboxylic acids is 4. The van der Waals surface area contributed by atoms with Gasteiger partial charge in [-0.2, -0.15) is 0 Å². The van der Waals surface area contributed by atoms with Crippen LogP contribution in [-0.2, 0) is 25.8 Å². The Morgan fingerprint density at radius 2 is 1.61 bits per heavy atom. The van der Waals surface area contributed by atoms with Crippen molar-refractivity contribution in [1.29, 1.82) is 0 Å². The molecule has 2 heterocycles. The second-order valence-corrected chi connectivity index (χ2v) is 15.4. The highest BCUT2D eigenvalue weighted by atomic mass is 127. The maximum atomic E-state index is 14.7. The van der Waals surface area contributed by atoms with E-state index in [-0.39, 0.29) is 47.7 Å². The van der Waals surface area contributed by atoms with Crippen LogP contribution < -0.4 is 14.5 Å². The summed E-state index contributed by atoms with van der Waals surface area (Å²) in [5.41, 5.74) is 1.28. The van der Waals surface area contributed by atoms with Gasteiger partial charge in [-0.3, -0.25) is 24.1 Å². The number of phenolic OH excluding ortho intramolecular Hbond substituents is 1. The van der Waals surface area contributed by atoms with E-state index in [0.29, 0.717) is 17.0 Å². The minimum Gasteiger partial charge on any atom is -0.508 e.